The lowest BCUT2D eigenvalue weighted by Crippen LogP contribution is -2.50. The van der Waals surface area contributed by atoms with Crippen molar-refractivity contribution < 1.29 is 23.5 Å². The number of benzene rings is 1. The number of piperidine rings is 1. The summed E-state index contributed by atoms with van der Waals surface area (Å²) in [5.74, 6) is -1.13. The molecule has 1 atom stereocenters. The van der Waals surface area contributed by atoms with Crippen LogP contribution in [-0.2, 0) is 4.74 Å². The van der Waals surface area contributed by atoms with Gasteiger partial charge in [-0.2, -0.15) is 5.26 Å². The van der Waals surface area contributed by atoms with Gasteiger partial charge in [-0.05, 0) is 71.4 Å². The number of carbonyl (C=O) groups is 3. The van der Waals surface area contributed by atoms with E-state index in [1.807, 2.05) is 25.7 Å². The van der Waals surface area contributed by atoms with E-state index in [2.05, 4.69) is 16.0 Å². The lowest BCUT2D eigenvalue weighted by atomic mass is 10.0. The third kappa shape index (κ3) is 6.32. The summed E-state index contributed by atoms with van der Waals surface area (Å²) in [6, 6.07) is 5.89. The first-order valence-electron chi connectivity index (χ1n) is 14.2. The lowest BCUT2D eigenvalue weighted by molar-refractivity contribution is 0.0142. The number of hydrogen-bond acceptors (Lipinski definition) is 7. The maximum absolute atomic E-state index is 15.0. The van der Waals surface area contributed by atoms with Gasteiger partial charge in [0, 0.05) is 49.7 Å². The van der Waals surface area contributed by atoms with Crippen LogP contribution in [0.15, 0.2) is 30.6 Å². The van der Waals surface area contributed by atoms with Gasteiger partial charge in [0.25, 0.3) is 11.8 Å². The number of likely N-dealkylation sites (tertiary alicyclic amines) is 2. The SMILES string of the molecule is CC(C)(C)OC(=O)N1CCC(N(C(=O)c2cnc(-c3ccc(C(=O)N4CCC[C@H]4C#N)c(F)c3)nc2)C2CC2)CC1. The Morgan fingerprint density at radius 2 is 1.68 bits per heavy atom. The van der Waals surface area contributed by atoms with Gasteiger partial charge in [0.1, 0.15) is 17.5 Å². The molecule has 1 saturated carbocycles. The van der Waals surface area contributed by atoms with E-state index in [4.69, 9.17) is 4.74 Å². The highest BCUT2D eigenvalue weighted by atomic mass is 19.1. The Labute approximate surface area is 239 Å². The molecule has 1 aromatic heterocycles. The van der Waals surface area contributed by atoms with Crippen molar-refractivity contribution in [3.8, 4) is 17.5 Å². The molecule has 2 aromatic rings. The van der Waals surface area contributed by atoms with Crippen LogP contribution in [0.5, 0.6) is 0 Å². The molecule has 0 spiro atoms. The van der Waals surface area contributed by atoms with Crippen molar-refractivity contribution >= 4 is 17.9 Å². The van der Waals surface area contributed by atoms with Gasteiger partial charge >= 0.3 is 6.09 Å². The van der Waals surface area contributed by atoms with Crippen molar-refractivity contribution in [2.45, 2.75) is 83.0 Å². The van der Waals surface area contributed by atoms with Crippen molar-refractivity contribution in [3.05, 3.63) is 47.5 Å². The number of halogens is 1. The van der Waals surface area contributed by atoms with E-state index in [-0.39, 0.29) is 35.5 Å². The summed E-state index contributed by atoms with van der Waals surface area (Å²) in [6.07, 6.45) is 7.08. The molecule has 1 aromatic carbocycles. The third-order valence-electron chi connectivity index (χ3n) is 7.70. The minimum atomic E-state index is -0.711. The summed E-state index contributed by atoms with van der Waals surface area (Å²) in [5.41, 5.74) is 0.0702. The highest BCUT2D eigenvalue weighted by Crippen LogP contribution is 2.33. The van der Waals surface area contributed by atoms with E-state index in [1.165, 1.54) is 29.4 Å². The molecule has 3 heterocycles. The highest BCUT2D eigenvalue weighted by Gasteiger charge is 2.40. The first-order chi connectivity index (χ1) is 19.6. The number of hydrogen-bond donors (Lipinski definition) is 0. The lowest BCUT2D eigenvalue weighted by Gasteiger charge is -2.39. The van der Waals surface area contributed by atoms with Crippen molar-refractivity contribution in [2.75, 3.05) is 19.6 Å². The zero-order chi connectivity index (χ0) is 29.3. The quantitative estimate of drug-likeness (QED) is 0.529. The van der Waals surface area contributed by atoms with Crippen LogP contribution in [-0.4, -0.2) is 85.9 Å². The second kappa shape index (κ2) is 11.4. The second-order valence-electron chi connectivity index (χ2n) is 11.9. The molecule has 3 fully saturated rings. The van der Waals surface area contributed by atoms with Crippen molar-refractivity contribution in [2.24, 2.45) is 0 Å². The third-order valence-corrected chi connectivity index (χ3v) is 7.70. The number of ether oxygens (including phenoxy) is 1. The van der Waals surface area contributed by atoms with Crippen LogP contribution in [0.2, 0.25) is 0 Å². The van der Waals surface area contributed by atoms with Gasteiger partial charge in [-0.25, -0.2) is 19.2 Å². The molecule has 5 rings (SSSR count). The molecule has 2 aliphatic heterocycles. The largest absolute Gasteiger partial charge is 0.444 e. The smallest absolute Gasteiger partial charge is 0.410 e. The Hall–Kier alpha value is -4.07. The minimum absolute atomic E-state index is 0.00350. The zero-order valence-corrected chi connectivity index (χ0v) is 23.7. The van der Waals surface area contributed by atoms with E-state index in [1.54, 1.807) is 11.0 Å². The first-order valence-corrected chi connectivity index (χ1v) is 14.2. The van der Waals surface area contributed by atoms with Gasteiger partial charge in [0.2, 0.25) is 0 Å². The molecule has 216 valence electrons. The van der Waals surface area contributed by atoms with Gasteiger partial charge in [-0.3, -0.25) is 9.59 Å². The molecule has 3 aliphatic rings. The van der Waals surface area contributed by atoms with Gasteiger partial charge in [-0.15, -0.1) is 0 Å². The second-order valence-corrected chi connectivity index (χ2v) is 11.9. The Kier molecular flexibility index (Phi) is 7.93. The number of aromatic nitrogens is 2. The summed E-state index contributed by atoms with van der Waals surface area (Å²) in [7, 11) is 0. The molecule has 0 radical (unpaired) electrons. The zero-order valence-electron chi connectivity index (χ0n) is 23.7. The van der Waals surface area contributed by atoms with Gasteiger partial charge in [-0.1, -0.05) is 6.07 Å². The van der Waals surface area contributed by atoms with E-state index in [0.717, 1.165) is 12.8 Å². The highest BCUT2D eigenvalue weighted by molar-refractivity contribution is 5.96. The summed E-state index contributed by atoms with van der Waals surface area (Å²) in [6.45, 7) is 6.98. The van der Waals surface area contributed by atoms with Crippen molar-refractivity contribution in [1.29, 1.82) is 5.26 Å². The molecular weight excluding hydrogens is 527 g/mol. The van der Waals surface area contributed by atoms with Crippen LogP contribution in [0, 0.1) is 17.1 Å². The summed E-state index contributed by atoms with van der Waals surface area (Å²) < 4.78 is 20.5. The molecular formula is C30H35FN6O4. The molecule has 10 nitrogen and oxygen atoms in total. The molecule has 41 heavy (non-hydrogen) atoms. The maximum atomic E-state index is 15.0. The molecule has 11 heteroatoms. The average molecular weight is 563 g/mol. The van der Waals surface area contributed by atoms with E-state index in [9.17, 15) is 24.0 Å². The van der Waals surface area contributed by atoms with Crippen molar-refractivity contribution in [3.63, 3.8) is 0 Å². The number of amides is 3. The normalized spacial score (nSPS) is 19.5. The van der Waals surface area contributed by atoms with Crippen LogP contribution in [0.25, 0.3) is 11.4 Å². The fourth-order valence-corrected chi connectivity index (χ4v) is 5.50. The van der Waals surface area contributed by atoms with Gasteiger partial charge < -0.3 is 19.4 Å². The molecule has 2 saturated heterocycles. The van der Waals surface area contributed by atoms with Crippen LogP contribution in [0.1, 0.15) is 80.0 Å². The minimum Gasteiger partial charge on any atom is -0.444 e. The van der Waals surface area contributed by atoms with E-state index in [0.29, 0.717) is 56.4 Å². The molecule has 1 aliphatic carbocycles. The maximum Gasteiger partial charge on any atom is 0.410 e. The Bertz CT molecular complexity index is 1360. The number of nitriles is 1. The number of nitrogens with zero attached hydrogens (tertiary/aromatic N) is 6. The van der Waals surface area contributed by atoms with E-state index >= 15 is 0 Å². The summed E-state index contributed by atoms with van der Waals surface area (Å²) in [5, 5.41) is 9.26. The Balaban J connectivity index is 1.25. The predicted molar refractivity (Wildman–Crippen MR) is 147 cm³/mol. The summed E-state index contributed by atoms with van der Waals surface area (Å²) >= 11 is 0. The number of rotatable bonds is 5. The molecule has 0 N–H and O–H groups in total. The van der Waals surface area contributed by atoms with Crippen LogP contribution >= 0.6 is 0 Å². The van der Waals surface area contributed by atoms with Gasteiger partial charge in [0.15, 0.2) is 5.82 Å². The Morgan fingerprint density at radius 1 is 1.02 bits per heavy atom. The Morgan fingerprint density at radius 3 is 2.27 bits per heavy atom. The van der Waals surface area contributed by atoms with E-state index < -0.39 is 23.4 Å². The molecule has 0 bridgehead atoms. The fraction of sp³-hybridized carbons (Fsp3) is 0.533. The number of carbonyl (C=O) groups excluding carboxylic acids is 3. The molecule has 0 unspecified atom stereocenters. The van der Waals surface area contributed by atoms with Gasteiger partial charge in [0.05, 0.1) is 17.2 Å². The van der Waals surface area contributed by atoms with Crippen LogP contribution < -0.4 is 0 Å². The average Bonchev–Trinajstić information content (AvgIpc) is 3.66. The standard InChI is InChI=1S/C30H35FN6O4/c1-30(2,3)41-29(40)35-13-10-22(11-14-35)37(21-7-8-21)27(38)20-17-33-26(34-18-20)19-6-9-24(25(31)15-19)28(39)36-12-4-5-23(36)16-32/h6,9,15,17-18,21-23H,4-5,7-8,10-14H2,1-3H3/t23-/m0/s1. The topological polar surface area (TPSA) is 120 Å². The molecule has 3 amide bonds. The van der Waals surface area contributed by atoms with Crippen LogP contribution in [0.3, 0.4) is 0 Å². The fourth-order valence-electron chi connectivity index (χ4n) is 5.50. The van der Waals surface area contributed by atoms with Crippen molar-refractivity contribution in [1.82, 2.24) is 24.7 Å². The monoisotopic (exact) mass is 562 g/mol. The first kappa shape index (κ1) is 28.5. The summed E-state index contributed by atoms with van der Waals surface area (Å²) in [4.78, 5) is 52.5. The predicted octanol–water partition coefficient (Wildman–Crippen LogP) is 4.41. The van der Waals surface area contributed by atoms with Crippen LogP contribution in [0.4, 0.5) is 9.18 Å².